The van der Waals surface area contributed by atoms with E-state index in [2.05, 4.69) is 10.2 Å². The van der Waals surface area contributed by atoms with Gasteiger partial charge in [-0.15, -0.1) is 0 Å². The summed E-state index contributed by atoms with van der Waals surface area (Å²) in [7, 11) is 0. The number of primary amides is 1. The second-order valence-corrected chi connectivity index (χ2v) is 6.14. The standard InChI is InChI=1S/C16H16ClFN4O2/c17-10-2-1-3-11(18)14(10)16(24)22-6-4-9(5-7-22)12-8-13(15(19)23)21-20-12/h1-3,8-9H,4-7H2,(H2,19,23)(H,20,21). The number of hydrogen-bond acceptors (Lipinski definition) is 3. The maximum atomic E-state index is 13.9. The molecular formula is C16H16ClFN4O2. The Balaban J connectivity index is 1.68. The number of likely N-dealkylation sites (tertiary alicyclic amines) is 1. The fourth-order valence-electron chi connectivity index (χ4n) is 2.93. The molecule has 0 aliphatic carbocycles. The van der Waals surface area contributed by atoms with Gasteiger partial charge in [0.25, 0.3) is 11.8 Å². The van der Waals surface area contributed by atoms with Gasteiger partial charge in [-0.25, -0.2) is 4.39 Å². The number of benzene rings is 1. The largest absolute Gasteiger partial charge is 0.364 e. The van der Waals surface area contributed by atoms with E-state index in [1.165, 1.54) is 18.2 Å². The molecule has 1 aliphatic heterocycles. The highest BCUT2D eigenvalue weighted by atomic mass is 35.5. The molecule has 1 saturated heterocycles. The molecule has 2 aromatic rings. The number of rotatable bonds is 3. The Bertz CT molecular complexity index is 764. The van der Waals surface area contributed by atoms with Gasteiger partial charge < -0.3 is 10.6 Å². The Kier molecular flexibility index (Phi) is 4.53. The van der Waals surface area contributed by atoms with E-state index < -0.39 is 17.6 Å². The van der Waals surface area contributed by atoms with E-state index in [4.69, 9.17) is 17.3 Å². The molecule has 0 bridgehead atoms. The quantitative estimate of drug-likeness (QED) is 0.889. The van der Waals surface area contributed by atoms with E-state index in [9.17, 15) is 14.0 Å². The Morgan fingerprint density at radius 1 is 1.33 bits per heavy atom. The van der Waals surface area contributed by atoms with Gasteiger partial charge in [-0.3, -0.25) is 14.7 Å². The molecule has 0 saturated carbocycles. The number of aromatic nitrogens is 2. The molecule has 1 aliphatic rings. The lowest BCUT2D eigenvalue weighted by Crippen LogP contribution is -2.38. The van der Waals surface area contributed by atoms with Crippen LogP contribution in [0.4, 0.5) is 4.39 Å². The Labute approximate surface area is 142 Å². The summed E-state index contributed by atoms with van der Waals surface area (Å²) in [6.07, 6.45) is 1.36. The molecule has 3 rings (SSSR count). The van der Waals surface area contributed by atoms with E-state index in [0.717, 1.165) is 5.69 Å². The van der Waals surface area contributed by atoms with Crippen LogP contribution in [0.2, 0.25) is 5.02 Å². The number of H-pyrrole nitrogens is 1. The minimum Gasteiger partial charge on any atom is -0.364 e. The summed E-state index contributed by atoms with van der Waals surface area (Å²) < 4.78 is 13.9. The molecule has 2 amide bonds. The number of carbonyl (C=O) groups excluding carboxylic acids is 2. The van der Waals surface area contributed by atoms with Crippen LogP contribution in [0.15, 0.2) is 24.3 Å². The van der Waals surface area contributed by atoms with Crippen molar-refractivity contribution in [3.05, 3.63) is 52.1 Å². The number of hydrogen-bond donors (Lipinski definition) is 2. The molecule has 0 unspecified atom stereocenters. The van der Waals surface area contributed by atoms with Crippen LogP contribution < -0.4 is 5.73 Å². The van der Waals surface area contributed by atoms with Crippen LogP contribution in [-0.2, 0) is 0 Å². The molecule has 0 spiro atoms. The number of carbonyl (C=O) groups is 2. The summed E-state index contributed by atoms with van der Waals surface area (Å²) in [5.74, 6) is -1.46. The van der Waals surface area contributed by atoms with Crippen molar-refractivity contribution in [3.8, 4) is 0 Å². The smallest absolute Gasteiger partial charge is 0.269 e. The van der Waals surface area contributed by atoms with E-state index in [1.54, 1.807) is 11.0 Å². The van der Waals surface area contributed by atoms with E-state index in [1.807, 2.05) is 0 Å². The fourth-order valence-corrected chi connectivity index (χ4v) is 3.17. The lowest BCUT2D eigenvalue weighted by Gasteiger charge is -2.31. The van der Waals surface area contributed by atoms with Gasteiger partial charge in [0.2, 0.25) is 0 Å². The number of aromatic amines is 1. The van der Waals surface area contributed by atoms with Crippen LogP contribution in [0.5, 0.6) is 0 Å². The van der Waals surface area contributed by atoms with Crippen molar-refractivity contribution in [2.24, 2.45) is 5.73 Å². The minimum atomic E-state index is -0.616. The zero-order valence-electron chi connectivity index (χ0n) is 12.8. The Morgan fingerprint density at radius 3 is 2.62 bits per heavy atom. The van der Waals surface area contributed by atoms with Crippen molar-refractivity contribution >= 4 is 23.4 Å². The number of amides is 2. The molecule has 8 heteroatoms. The molecule has 126 valence electrons. The first-order valence-electron chi connectivity index (χ1n) is 7.55. The monoisotopic (exact) mass is 350 g/mol. The predicted molar refractivity (Wildman–Crippen MR) is 86.4 cm³/mol. The first-order chi connectivity index (χ1) is 11.5. The summed E-state index contributed by atoms with van der Waals surface area (Å²) >= 11 is 5.96. The first kappa shape index (κ1) is 16.4. The normalized spacial score (nSPS) is 15.5. The van der Waals surface area contributed by atoms with Gasteiger partial charge in [0.1, 0.15) is 11.5 Å². The molecule has 1 fully saturated rings. The van der Waals surface area contributed by atoms with Crippen LogP contribution in [-0.4, -0.2) is 40.0 Å². The van der Waals surface area contributed by atoms with E-state index in [0.29, 0.717) is 25.9 Å². The Morgan fingerprint density at radius 2 is 2.04 bits per heavy atom. The lowest BCUT2D eigenvalue weighted by molar-refractivity contribution is 0.0707. The summed E-state index contributed by atoms with van der Waals surface area (Å²) in [6.45, 7) is 0.943. The van der Waals surface area contributed by atoms with Crippen LogP contribution >= 0.6 is 11.6 Å². The summed E-state index contributed by atoms with van der Waals surface area (Å²) in [6, 6.07) is 5.83. The van der Waals surface area contributed by atoms with Gasteiger partial charge in [-0.1, -0.05) is 17.7 Å². The topological polar surface area (TPSA) is 92.1 Å². The average molecular weight is 351 g/mol. The number of nitrogens with one attached hydrogen (secondary N) is 1. The maximum Gasteiger partial charge on any atom is 0.269 e. The molecule has 2 heterocycles. The van der Waals surface area contributed by atoms with E-state index >= 15 is 0 Å². The molecule has 0 radical (unpaired) electrons. The number of piperidine rings is 1. The van der Waals surface area contributed by atoms with Crippen LogP contribution in [0.3, 0.4) is 0 Å². The van der Waals surface area contributed by atoms with Crippen LogP contribution in [0.1, 0.15) is 45.3 Å². The van der Waals surface area contributed by atoms with Gasteiger partial charge in [0.15, 0.2) is 0 Å². The van der Waals surface area contributed by atoms with Crippen molar-refractivity contribution in [3.63, 3.8) is 0 Å². The van der Waals surface area contributed by atoms with Crippen LogP contribution in [0.25, 0.3) is 0 Å². The maximum absolute atomic E-state index is 13.9. The van der Waals surface area contributed by atoms with Gasteiger partial charge >= 0.3 is 0 Å². The molecular weight excluding hydrogens is 335 g/mol. The van der Waals surface area contributed by atoms with E-state index in [-0.39, 0.29) is 22.2 Å². The third-order valence-electron chi connectivity index (χ3n) is 4.25. The number of nitrogens with zero attached hydrogens (tertiary/aromatic N) is 2. The highest BCUT2D eigenvalue weighted by molar-refractivity contribution is 6.33. The number of halogens is 2. The lowest BCUT2D eigenvalue weighted by atomic mass is 9.93. The average Bonchev–Trinajstić information content (AvgIpc) is 3.05. The van der Waals surface area contributed by atoms with Gasteiger partial charge in [-0.05, 0) is 31.0 Å². The molecule has 1 aromatic heterocycles. The molecule has 24 heavy (non-hydrogen) atoms. The molecule has 3 N–H and O–H groups in total. The summed E-state index contributed by atoms with van der Waals surface area (Å²) in [5.41, 5.74) is 6.12. The zero-order chi connectivity index (χ0) is 17.3. The van der Waals surface area contributed by atoms with Gasteiger partial charge in [0.05, 0.1) is 10.6 Å². The second-order valence-electron chi connectivity index (χ2n) is 5.74. The molecule has 6 nitrogen and oxygen atoms in total. The van der Waals surface area contributed by atoms with Crippen LogP contribution in [0, 0.1) is 5.82 Å². The third-order valence-corrected chi connectivity index (χ3v) is 4.56. The SMILES string of the molecule is NC(=O)c1cc(C2CCN(C(=O)c3c(F)cccc3Cl)CC2)[nH]n1. The van der Waals surface area contributed by atoms with Gasteiger partial charge in [0, 0.05) is 24.7 Å². The number of nitrogens with two attached hydrogens (primary N) is 1. The van der Waals surface area contributed by atoms with Crippen molar-refractivity contribution in [1.82, 2.24) is 15.1 Å². The molecule has 0 atom stereocenters. The Hall–Kier alpha value is -2.41. The zero-order valence-corrected chi connectivity index (χ0v) is 13.5. The van der Waals surface area contributed by atoms with Gasteiger partial charge in [-0.2, -0.15) is 5.10 Å². The predicted octanol–water partition coefficient (Wildman–Crippen LogP) is 2.32. The highest BCUT2D eigenvalue weighted by Crippen LogP contribution is 2.29. The van der Waals surface area contributed by atoms with Crippen molar-refractivity contribution in [1.29, 1.82) is 0 Å². The minimum absolute atomic E-state index is 0.0878. The van der Waals surface area contributed by atoms with Crippen molar-refractivity contribution in [2.75, 3.05) is 13.1 Å². The second kappa shape index (κ2) is 6.60. The summed E-state index contributed by atoms with van der Waals surface area (Å²) in [4.78, 5) is 25.2. The summed E-state index contributed by atoms with van der Waals surface area (Å²) in [5, 5.41) is 6.80. The third kappa shape index (κ3) is 3.12. The first-order valence-corrected chi connectivity index (χ1v) is 7.93. The van der Waals surface area contributed by atoms with Crippen molar-refractivity contribution < 1.29 is 14.0 Å². The highest BCUT2D eigenvalue weighted by Gasteiger charge is 2.28. The molecule has 1 aromatic carbocycles. The van der Waals surface area contributed by atoms with Crippen molar-refractivity contribution in [2.45, 2.75) is 18.8 Å². The fraction of sp³-hybridized carbons (Fsp3) is 0.312.